The Morgan fingerprint density at radius 3 is 2.92 bits per heavy atom. The van der Waals surface area contributed by atoms with Gasteiger partial charge in [-0.15, -0.1) is 11.8 Å². The molecule has 0 fully saturated rings. The maximum Gasteiger partial charge on any atom is 0.251 e. The largest absolute Gasteiger partial charge is 0.351 e. The number of carbonyl (C=O) groups excluding carboxylic acids is 2. The number of amides is 2. The maximum atomic E-state index is 13.5. The van der Waals surface area contributed by atoms with Crippen LogP contribution in [-0.2, 0) is 10.5 Å². The van der Waals surface area contributed by atoms with Crippen LogP contribution >= 0.6 is 23.5 Å². The fraction of sp³-hybridized carbons (Fsp3) is 0.263. The van der Waals surface area contributed by atoms with Crippen LogP contribution < -0.4 is 10.6 Å². The van der Waals surface area contributed by atoms with Gasteiger partial charge in [0.15, 0.2) is 0 Å². The Hall–Kier alpha value is -1.99. The number of rotatable bonds is 6. The van der Waals surface area contributed by atoms with Crippen LogP contribution in [0.5, 0.6) is 0 Å². The minimum Gasteiger partial charge on any atom is -0.351 e. The third kappa shape index (κ3) is 4.59. The van der Waals surface area contributed by atoms with Crippen LogP contribution in [-0.4, -0.2) is 29.4 Å². The van der Waals surface area contributed by atoms with E-state index < -0.39 is 0 Å². The van der Waals surface area contributed by atoms with Crippen molar-refractivity contribution in [2.45, 2.75) is 22.8 Å². The Balaban J connectivity index is 1.47. The first kappa shape index (κ1) is 18.8. The molecule has 3 rings (SSSR count). The molecule has 0 aromatic heterocycles. The zero-order chi connectivity index (χ0) is 18.5. The number of halogens is 1. The van der Waals surface area contributed by atoms with Crippen LogP contribution in [0.3, 0.4) is 0 Å². The number of thioether (sulfide) groups is 2. The van der Waals surface area contributed by atoms with Crippen molar-refractivity contribution in [1.29, 1.82) is 0 Å². The zero-order valence-electron chi connectivity index (χ0n) is 14.3. The third-order valence-electron chi connectivity index (χ3n) is 3.92. The number of hydrogen-bond acceptors (Lipinski definition) is 4. The van der Waals surface area contributed by atoms with E-state index in [0.29, 0.717) is 34.9 Å². The molecule has 7 heteroatoms. The van der Waals surface area contributed by atoms with Crippen molar-refractivity contribution in [3.8, 4) is 0 Å². The molecule has 136 valence electrons. The molecule has 0 saturated carbocycles. The number of fused-ring (bicyclic) bond motifs is 1. The monoisotopic (exact) mass is 390 g/mol. The van der Waals surface area contributed by atoms with Gasteiger partial charge in [-0.05, 0) is 36.8 Å². The molecule has 1 atom stereocenters. The Kier molecular flexibility index (Phi) is 6.21. The van der Waals surface area contributed by atoms with Gasteiger partial charge in [-0.25, -0.2) is 4.39 Å². The van der Waals surface area contributed by atoms with Crippen LogP contribution in [0.2, 0.25) is 0 Å². The Bertz CT molecular complexity index is 829. The molecule has 1 unspecified atom stereocenters. The Labute approximate surface area is 160 Å². The van der Waals surface area contributed by atoms with Gasteiger partial charge in [0.2, 0.25) is 5.91 Å². The molecule has 0 aliphatic carbocycles. The van der Waals surface area contributed by atoms with Crippen molar-refractivity contribution in [2.24, 2.45) is 0 Å². The Morgan fingerprint density at radius 1 is 1.31 bits per heavy atom. The molecular formula is C19H19FN2O2S2. The number of carbonyl (C=O) groups is 2. The molecule has 0 saturated heterocycles. The highest BCUT2D eigenvalue weighted by Crippen LogP contribution is 2.35. The van der Waals surface area contributed by atoms with Gasteiger partial charge in [-0.3, -0.25) is 9.59 Å². The van der Waals surface area contributed by atoms with Crippen LogP contribution in [0.4, 0.5) is 10.1 Å². The molecule has 4 nitrogen and oxygen atoms in total. The summed E-state index contributed by atoms with van der Waals surface area (Å²) in [6, 6.07) is 12.0. The van der Waals surface area contributed by atoms with E-state index in [1.807, 2.05) is 19.1 Å². The van der Waals surface area contributed by atoms with Gasteiger partial charge in [0.25, 0.3) is 5.91 Å². The summed E-state index contributed by atoms with van der Waals surface area (Å²) >= 11 is 3.05. The average molecular weight is 391 g/mol. The van der Waals surface area contributed by atoms with Crippen LogP contribution in [0.1, 0.15) is 22.8 Å². The molecule has 1 aliphatic rings. The smallest absolute Gasteiger partial charge is 0.251 e. The molecule has 0 radical (unpaired) electrons. The second-order valence-corrected chi connectivity index (χ2v) is 8.35. The van der Waals surface area contributed by atoms with Crippen LogP contribution in [0, 0.1) is 5.82 Å². The summed E-state index contributed by atoms with van der Waals surface area (Å²) in [5.41, 5.74) is 1.86. The molecule has 0 spiro atoms. The standard InChI is InChI=1S/C19H19FN2O2S2/c1-12-18(23)22-16-10-13(6-7-17(16)26-12)19(24)21-8-9-25-11-14-4-2-3-5-15(14)20/h2-7,10,12H,8-9,11H2,1H3,(H,21,24)(H,22,23). The average Bonchev–Trinajstić information content (AvgIpc) is 2.63. The first-order chi connectivity index (χ1) is 12.5. The van der Waals surface area contributed by atoms with Gasteiger partial charge in [-0.1, -0.05) is 18.2 Å². The summed E-state index contributed by atoms with van der Waals surface area (Å²) in [7, 11) is 0. The molecule has 2 N–H and O–H groups in total. The topological polar surface area (TPSA) is 58.2 Å². The predicted molar refractivity (Wildman–Crippen MR) is 105 cm³/mol. The summed E-state index contributed by atoms with van der Waals surface area (Å²) in [6.07, 6.45) is 0. The minimum atomic E-state index is -0.202. The fourth-order valence-corrected chi connectivity index (χ4v) is 4.26. The number of benzene rings is 2. The lowest BCUT2D eigenvalue weighted by Gasteiger charge is -2.21. The van der Waals surface area contributed by atoms with Gasteiger partial charge < -0.3 is 10.6 Å². The molecule has 0 bridgehead atoms. The van der Waals surface area contributed by atoms with E-state index in [1.54, 1.807) is 36.0 Å². The SMILES string of the molecule is CC1Sc2ccc(C(=O)NCCSCc3ccccc3F)cc2NC1=O. The van der Waals surface area contributed by atoms with E-state index in [9.17, 15) is 14.0 Å². The molecule has 2 amide bonds. The second kappa shape index (κ2) is 8.60. The maximum absolute atomic E-state index is 13.5. The molecule has 2 aromatic rings. The van der Waals surface area contributed by atoms with Crippen molar-refractivity contribution in [2.75, 3.05) is 17.6 Å². The first-order valence-corrected chi connectivity index (χ1v) is 10.3. The summed E-state index contributed by atoms with van der Waals surface area (Å²) in [5, 5.41) is 5.55. The van der Waals surface area contributed by atoms with Crippen molar-refractivity contribution in [3.63, 3.8) is 0 Å². The normalized spacial score (nSPS) is 15.9. The lowest BCUT2D eigenvalue weighted by atomic mass is 10.1. The van der Waals surface area contributed by atoms with Gasteiger partial charge in [0, 0.05) is 28.5 Å². The van der Waals surface area contributed by atoms with E-state index in [0.717, 1.165) is 4.90 Å². The molecular weight excluding hydrogens is 371 g/mol. The number of hydrogen-bond donors (Lipinski definition) is 2. The number of anilines is 1. The van der Waals surface area contributed by atoms with Gasteiger partial charge in [0.1, 0.15) is 5.82 Å². The quantitative estimate of drug-likeness (QED) is 0.734. The van der Waals surface area contributed by atoms with E-state index in [2.05, 4.69) is 10.6 Å². The summed E-state index contributed by atoms with van der Waals surface area (Å²) in [4.78, 5) is 25.0. The van der Waals surface area contributed by atoms with Crippen LogP contribution in [0.25, 0.3) is 0 Å². The minimum absolute atomic E-state index is 0.0513. The zero-order valence-corrected chi connectivity index (χ0v) is 15.9. The van der Waals surface area contributed by atoms with E-state index in [-0.39, 0.29) is 22.9 Å². The van der Waals surface area contributed by atoms with E-state index in [1.165, 1.54) is 17.8 Å². The highest BCUT2D eigenvalue weighted by molar-refractivity contribution is 8.01. The summed E-state index contributed by atoms with van der Waals surface area (Å²) in [6.45, 7) is 2.34. The molecule has 1 heterocycles. The predicted octanol–water partition coefficient (Wildman–Crippen LogP) is 3.92. The lowest BCUT2D eigenvalue weighted by molar-refractivity contribution is -0.115. The lowest BCUT2D eigenvalue weighted by Crippen LogP contribution is -2.28. The molecule has 2 aromatic carbocycles. The van der Waals surface area contributed by atoms with Crippen molar-refractivity contribution in [3.05, 3.63) is 59.4 Å². The first-order valence-electron chi connectivity index (χ1n) is 8.25. The number of nitrogens with one attached hydrogen (secondary N) is 2. The Morgan fingerprint density at radius 2 is 2.12 bits per heavy atom. The summed E-state index contributed by atoms with van der Waals surface area (Å²) < 4.78 is 13.5. The molecule has 1 aliphatic heterocycles. The highest BCUT2D eigenvalue weighted by atomic mass is 32.2. The van der Waals surface area contributed by atoms with Crippen molar-refractivity contribution >= 4 is 41.0 Å². The fourth-order valence-electron chi connectivity index (χ4n) is 2.49. The van der Waals surface area contributed by atoms with E-state index >= 15 is 0 Å². The van der Waals surface area contributed by atoms with Gasteiger partial charge in [-0.2, -0.15) is 11.8 Å². The highest BCUT2D eigenvalue weighted by Gasteiger charge is 2.23. The van der Waals surface area contributed by atoms with Crippen LogP contribution in [0.15, 0.2) is 47.4 Å². The van der Waals surface area contributed by atoms with Crippen molar-refractivity contribution in [1.82, 2.24) is 5.32 Å². The van der Waals surface area contributed by atoms with Gasteiger partial charge in [0.05, 0.1) is 10.9 Å². The third-order valence-corrected chi connectivity index (χ3v) is 6.11. The van der Waals surface area contributed by atoms with Crippen molar-refractivity contribution < 1.29 is 14.0 Å². The summed E-state index contributed by atoms with van der Waals surface area (Å²) in [5.74, 6) is 0.826. The van der Waals surface area contributed by atoms with E-state index in [4.69, 9.17) is 0 Å². The second-order valence-electron chi connectivity index (χ2n) is 5.86. The molecule has 26 heavy (non-hydrogen) atoms. The van der Waals surface area contributed by atoms with Gasteiger partial charge >= 0.3 is 0 Å².